The Kier molecular flexibility index (Phi) is 4.00. The first-order valence-corrected chi connectivity index (χ1v) is 5.36. The summed E-state index contributed by atoms with van der Waals surface area (Å²) in [6, 6.07) is 5.41. The minimum absolute atomic E-state index is 0.142. The maximum absolute atomic E-state index is 11.6. The lowest BCUT2D eigenvalue weighted by molar-refractivity contribution is -0.128. The van der Waals surface area contributed by atoms with E-state index in [4.69, 9.17) is 23.2 Å². The first-order valence-electron chi connectivity index (χ1n) is 4.54. The lowest BCUT2D eigenvalue weighted by Crippen LogP contribution is -2.25. The maximum atomic E-state index is 11.6. The molecule has 1 amide bonds. The summed E-state index contributed by atoms with van der Waals surface area (Å²) in [5, 5.41) is -0.0391. The van der Waals surface area contributed by atoms with Gasteiger partial charge in [-0.15, -0.1) is 11.6 Å². The molecule has 0 radical (unpaired) electrons. The summed E-state index contributed by atoms with van der Waals surface area (Å²) in [6.45, 7) is 1.91. The van der Waals surface area contributed by atoms with Gasteiger partial charge < -0.3 is 4.90 Å². The van der Waals surface area contributed by atoms with Crippen LogP contribution in [0.25, 0.3) is 0 Å². The number of halogens is 2. The van der Waals surface area contributed by atoms with Crippen LogP contribution < -0.4 is 0 Å². The van der Waals surface area contributed by atoms with Crippen LogP contribution in [-0.2, 0) is 4.79 Å². The molecule has 1 aromatic rings. The Morgan fingerprint density at radius 2 is 2.00 bits per heavy atom. The van der Waals surface area contributed by atoms with E-state index in [1.807, 2.05) is 19.1 Å². The number of rotatable bonds is 2. The fourth-order valence-corrected chi connectivity index (χ4v) is 1.66. The van der Waals surface area contributed by atoms with E-state index in [1.165, 1.54) is 4.90 Å². The van der Waals surface area contributed by atoms with Crippen molar-refractivity contribution in [3.8, 4) is 0 Å². The normalized spacial score (nSPS) is 12.3. The van der Waals surface area contributed by atoms with Crippen molar-refractivity contribution in [2.75, 3.05) is 14.1 Å². The molecule has 1 unspecified atom stereocenters. The SMILES string of the molecule is Cc1ccc(C(Cl)C(=O)N(C)C)cc1Cl. The summed E-state index contributed by atoms with van der Waals surface area (Å²) < 4.78 is 0. The van der Waals surface area contributed by atoms with Crippen molar-refractivity contribution in [3.63, 3.8) is 0 Å². The molecule has 0 bridgehead atoms. The summed E-state index contributed by atoms with van der Waals surface area (Å²) in [5.41, 5.74) is 1.70. The molecule has 15 heavy (non-hydrogen) atoms. The van der Waals surface area contributed by atoms with E-state index in [2.05, 4.69) is 0 Å². The molecule has 0 aliphatic carbocycles. The maximum Gasteiger partial charge on any atom is 0.244 e. The Morgan fingerprint density at radius 3 is 2.47 bits per heavy atom. The Hall–Kier alpha value is -0.730. The summed E-state index contributed by atoms with van der Waals surface area (Å²) in [4.78, 5) is 13.1. The number of aryl methyl sites for hydroxylation is 1. The molecule has 0 aliphatic rings. The van der Waals surface area contributed by atoms with Gasteiger partial charge in [0.1, 0.15) is 5.38 Å². The van der Waals surface area contributed by atoms with Crippen molar-refractivity contribution in [2.24, 2.45) is 0 Å². The van der Waals surface area contributed by atoms with Gasteiger partial charge in [-0.25, -0.2) is 0 Å². The predicted octanol–water partition coefficient (Wildman–Crippen LogP) is 3.02. The van der Waals surface area contributed by atoms with Crippen molar-refractivity contribution in [3.05, 3.63) is 34.3 Å². The monoisotopic (exact) mass is 245 g/mol. The highest BCUT2D eigenvalue weighted by Crippen LogP contribution is 2.26. The predicted molar refractivity (Wildman–Crippen MR) is 63.5 cm³/mol. The topological polar surface area (TPSA) is 20.3 Å². The first kappa shape index (κ1) is 12.3. The van der Waals surface area contributed by atoms with E-state index in [0.29, 0.717) is 5.02 Å². The highest BCUT2D eigenvalue weighted by Gasteiger charge is 2.19. The number of likely N-dealkylation sites (N-methyl/N-ethyl adjacent to an activating group) is 1. The zero-order valence-electron chi connectivity index (χ0n) is 8.92. The molecule has 82 valence electrons. The number of carbonyl (C=O) groups excluding carboxylic acids is 1. The number of amides is 1. The van der Waals surface area contributed by atoms with E-state index in [0.717, 1.165) is 11.1 Å². The van der Waals surface area contributed by atoms with Gasteiger partial charge in [0, 0.05) is 19.1 Å². The Morgan fingerprint density at radius 1 is 1.40 bits per heavy atom. The van der Waals surface area contributed by atoms with E-state index in [-0.39, 0.29) is 5.91 Å². The lowest BCUT2D eigenvalue weighted by atomic mass is 10.1. The molecule has 1 rings (SSSR count). The van der Waals surface area contributed by atoms with Gasteiger partial charge in [0.05, 0.1) is 0 Å². The molecule has 0 spiro atoms. The van der Waals surface area contributed by atoms with Crippen LogP contribution in [0.5, 0.6) is 0 Å². The van der Waals surface area contributed by atoms with Crippen LogP contribution in [0.4, 0.5) is 0 Å². The second kappa shape index (κ2) is 4.86. The average molecular weight is 246 g/mol. The van der Waals surface area contributed by atoms with Crippen LogP contribution in [0.15, 0.2) is 18.2 Å². The summed E-state index contributed by atoms with van der Waals surface area (Å²) >= 11 is 12.0. The standard InChI is InChI=1S/C11H13Cl2NO/c1-7-4-5-8(6-9(7)12)10(13)11(15)14(2)3/h4-6,10H,1-3H3. The fourth-order valence-electron chi connectivity index (χ4n) is 1.14. The van der Waals surface area contributed by atoms with Gasteiger partial charge in [-0.05, 0) is 24.1 Å². The highest BCUT2D eigenvalue weighted by atomic mass is 35.5. The van der Waals surface area contributed by atoms with Crippen LogP contribution in [0.1, 0.15) is 16.5 Å². The van der Waals surface area contributed by atoms with Gasteiger partial charge in [0.2, 0.25) is 5.91 Å². The molecular weight excluding hydrogens is 233 g/mol. The quantitative estimate of drug-likeness (QED) is 0.734. The number of hydrogen-bond acceptors (Lipinski definition) is 1. The zero-order valence-corrected chi connectivity index (χ0v) is 10.4. The third kappa shape index (κ3) is 2.86. The van der Waals surface area contributed by atoms with Gasteiger partial charge in [0.25, 0.3) is 0 Å². The van der Waals surface area contributed by atoms with Crippen molar-refractivity contribution < 1.29 is 4.79 Å². The molecule has 0 fully saturated rings. The second-order valence-corrected chi connectivity index (χ2v) is 4.45. The van der Waals surface area contributed by atoms with E-state index < -0.39 is 5.38 Å². The van der Waals surface area contributed by atoms with Gasteiger partial charge in [-0.2, -0.15) is 0 Å². The largest absolute Gasteiger partial charge is 0.347 e. The van der Waals surface area contributed by atoms with E-state index in [1.54, 1.807) is 20.2 Å². The van der Waals surface area contributed by atoms with Gasteiger partial charge in [-0.1, -0.05) is 23.7 Å². The molecular formula is C11H13Cl2NO. The van der Waals surface area contributed by atoms with Crippen LogP contribution in [0.3, 0.4) is 0 Å². The third-order valence-corrected chi connectivity index (χ3v) is 2.99. The van der Waals surface area contributed by atoms with E-state index in [9.17, 15) is 4.79 Å². The fraction of sp³-hybridized carbons (Fsp3) is 0.364. The van der Waals surface area contributed by atoms with Crippen molar-refractivity contribution in [1.82, 2.24) is 4.90 Å². The molecule has 0 saturated heterocycles. The lowest BCUT2D eigenvalue weighted by Gasteiger charge is -2.15. The molecule has 0 saturated carbocycles. The highest BCUT2D eigenvalue weighted by molar-refractivity contribution is 6.32. The second-order valence-electron chi connectivity index (χ2n) is 3.60. The zero-order chi connectivity index (χ0) is 11.6. The summed E-state index contributed by atoms with van der Waals surface area (Å²) in [7, 11) is 3.35. The third-order valence-electron chi connectivity index (χ3n) is 2.15. The molecule has 0 aromatic heterocycles. The Labute approximate surface area is 99.8 Å². The van der Waals surface area contributed by atoms with Crippen molar-refractivity contribution in [2.45, 2.75) is 12.3 Å². The minimum atomic E-state index is -0.668. The van der Waals surface area contributed by atoms with Gasteiger partial charge in [0.15, 0.2) is 0 Å². The Balaban J connectivity index is 2.97. The molecule has 0 heterocycles. The molecule has 2 nitrogen and oxygen atoms in total. The first-order chi connectivity index (χ1) is 6.93. The van der Waals surface area contributed by atoms with Crippen LogP contribution in [0.2, 0.25) is 5.02 Å². The smallest absolute Gasteiger partial charge is 0.244 e. The van der Waals surface area contributed by atoms with Crippen molar-refractivity contribution in [1.29, 1.82) is 0 Å². The van der Waals surface area contributed by atoms with Crippen LogP contribution >= 0.6 is 23.2 Å². The number of hydrogen-bond donors (Lipinski definition) is 0. The van der Waals surface area contributed by atoms with Crippen LogP contribution in [0, 0.1) is 6.92 Å². The number of nitrogens with zero attached hydrogens (tertiary/aromatic N) is 1. The Bertz CT molecular complexity index is 377. The average Bonchev–Trinajstić information content (AvgIpc) is 2.19. The number of carbonyl (C=O) groups is 1. The molecule has 1 atom stereocenters. The van der Waals surface area contributed by atoms with Gasteiger partial charge >= 0.3 is 0 Å². The number of benzene rings is 1. The number of alkyl halides is 1. The molecule has 0 N–H and O–H groups in total. The van der Waals surface area contributed by atoms with Gasteiger partial charge in [-0.3, -0.25) is 4.79 Å². The van der Waals surface area contributed by atoms with Crippen LogP contribution in [-0.4, -0.2) is 24.9 Å². The molecule has 4 heteroatoms. The van der Waals surface area contributed by atoms with E-state index >= 15 is 0 Å². The molecule has 1 aromatic carbocycles. The summed E-state index contributed by atoms with van der Waals surface area (Å²) in [5.74, 6) is -0.142. The summed E-state index contributed by atoms with van der Waals surface area (Å²) in [6.07, 6.45) is 0. The van der Waals surface area contributed by atoms with Crippen molar-refractivity contribution >= 4 is 29.1 Å². The molecule has 0 aliphatic heterocycles. The minimum Gasteiger partial charge on any atom is -0.347 e.